The van der Waals surface area contributed by atoms with Crippen molar-refractivity contribution in [2.75, 3.05) is 5.32 Å². The second-order valence-electron chi connectivity index (χ2n) is 8.99. The first-order valence-corrected chi connectivity index (χ1v) is 12.9. The van der Waals surface area contributed by atoms with Crippen LogP contribution in [0.4, 0.5) is 10.1 Å². The van der Waals surface area contributed by atoms with Crippen molar-refractivity contribution in [1.82, 2.24) is 14.9 Å². The van der Waals surface area contributed by atoms with Gasteiger partial charge in [-0.2, -0.15) is 0 Å². The van der Waals surface area contributed by atoms with Crippen molar-refractivity contribution in [3.63, 3.8) is 0 Å². The van der Waals surface area contributed by atoms with Crippen LogP contribution in [0.25, 0.3) is 11.3 Å². The van der Waals surface area contributed by atoms with Gasteiger partial charge in [-0.3, -0.25) is 9.59 Å². The molecular weight excluding hydrogens is 463 g/mol. The minimum absolute atomic E-state index is 0.0810. The lowest BCUT2D eigenvalue weighted by Crippen LogP contribution is -2.38. The molecule has 1 unspecified atom stereocenters. The quantitative estimate of drug-likeness (QED) is 0.402. The Labute approximate surface area is 209 Å². The van der Waals surface area contributed by atoms with Gasteiger partial charge >= 0.3 is 0 Å². The van der Waals surface area contributed by atoms with Crippen LogP contribution in [0.2, 0.25) is 0 Å². The molecule has 2 amide bonds. The van der Waals surface area contributed by atoms with Crippen molar-refractivity contribution < 1.29 is 14.0 Å². The Morgan fingerprint density at radius 2 is 1.83 bits per heavy atom. The molecule has 1 aromatic heterocycles. The van der Waals surface area contributed by atoms with Gasteiger partial charge in [0.25, 0.3) is 0 Å². The fourth-order valence-electron chi connectivity index (χ4n) is 4.28. The van der Waals surface area contributed by atoms with Crippen molar-refractivity contribution in [3.8, 4) is 11.3 Å². The SMILES string of the molecule is Cc1ccccc1NC(=O)C(C)Sc1ncc(-c2ccc(F)cc2)n1CC(=O)NC1CCCCC1. The summed E-state index contributed by atoms with van der Waals surface area (Å²) in [4.78, 5) is 30.4. The number of carbonyl (C=O) groups is 2. The predicted octanol–water partition coefficient (Wildman–Crippen LogP) is 5.57. The molecule has 0 aliphatic heterocycles. The molecule has 184 valence electrons. The Kier molecular flexibility index (Phi) is 8.23. The van der Waals surface area contributed by atoms with Gasteiger partial charge in [-0.1, -0.05) is 49.2 Å². The number of nitrogens with zero attached hydrogens (tertiary/aromatic N) is 2. The van der Waals surface area contributed by atoms with Crippen LogP contribution in [0.15, 0.2) is 59.9 Å². The molecule has 0 bridgehead atoms. The molecule has 6 nitrogen and oxygen atoms in total. The van der Waals surface area contributed by atoms with E-state index in [4.69, 9.17) is 0 Å². The van der Waals surface area contributed by atoms with Gasteiger partial charge in [0, 0.05) is 11.7 Å². The summed E-state index contributed by atoms with van der Waals surface area (Å²) in [6.45, 7) is 3.84. The van der Waals surface area contributed by atoms with Crippen molar-refractivity contribution in [2.24, 2.45) is 0 Å². The van der Waals surface area contributed by atoms with E-state index in [0.717, 1.165) is 42.5 Å². The number of hydrogen-bond donors (Lipinski definition) is 2. The summed E-state index contributed by atoms with van der Waals surface area (Å²) in [5.41, 5.74) is 3.22. The molecular formula is C27H31FN4O2S. The number of thioether (sulfide) groups is 1. The highest BCUT2D eigenvalue weighted by Gasteiger charge is 2.23. The molecule has 1 aliphatic carbocycles. The van der Waals surface area contributed by atoms with E-state index in [2.05, 4.69) is 15.6 Å². The molecule has 2 N–H and O–H groups in total. The maximum atomic E-state index is 13.5. The lowest BCUT2D eigenvalue weighted by atomic mass is 9.95. The van der Waals surface area contributed by atoms with Crippen molar-refractivity contribution in [2.45, 2.75) is 68.9 Å². The molecule has 35 heavy (non-hydrogen) atoms. The highest BCUT2D eigenvalue weighted by atomic mass is 32.2. The highest BCUT2D eigenvalue weighted by Crippen LogP contribution is 2.30. The standard InChI is InChI=1S/C27H31FN4O2S/c1-18-8-6-7-11-23(18)31-26(34)19(2)35-27-29-16-24(20-12-14-21(28)15-13-20)32(27)17-25(33)30-22-9-4-3-5-10-22/h6-8,11-16,19,22H,3-5,9-10,17H2,1-2H3,(H,30,33)(H,31,34). The summed E-state index contributed by atoms with van der Waals surface area (Å²) < 4.78 is 15.3. The van der Waals surface area contributed by atoms with Crippen LogP contribution >= 0.6 is 11.8 Å². The maximum absolute atomic E-state index is 13.5. The van der Waals surface area contributed by atoms with Crippen molar-refractivity contribution in [3.05, 3.63) is 66.1 Å². The number of benzene rings is 2. The Morgan fingerprint density at radius 1 is 1.11 bits per heavy atom. The molecule has 1 saturated carbocycles. The number of nitrogens with one attached hydrogen (secondary N) is 2. The number of aromatic nitrogens is 2. The monoisotopic (exact) mass is 494 g/mol. The van der Waals surface area contributed by atoms with Gasteiger partial charge in [-0.05, 0) is 68.1 Å². The lowest BCUT2D eigenvalue weighted by molar-refractivity contribution is -0.122. The summed E-state index contributed by atoms with van der Waals surface area (Å²) in [5, 5.41) is 6.24. The fraction of sp³-hybridized carbons (Fsp3) is 0.370. The second kappa shape index (κ2) is 11.5. The third kappa shape index (κ3) is 6.51. The van der Waals surface area contributed by atoms with Gasteiger partial charge in [0.2, 0.25) is 11.8 Å². The number of para-hydroxylation sites is 1. The van der Waals surface area contributed by atoms with E-state index in [1.54, 1.807) is 18.3 Å². The number of anilines is 1. The van der Waals surface area contributed by atoms with Gasteiger partial charge < -0.3 is 15.2 Å². The normalized spacial score (nSPS) is 14.9. The van der Waals surface area contributed by atoms with E-state index in [1.807, 2.05) is 42.7 Å². The number of hydrogen-bond acceptors (Lipinski definition) is 4. The van der Waals surface area contributed by atoms with Gasteiger partial charge in [-0.15, -0.1) is 0 Å². The Bertz CT molecular complexity index is 1170. The molecule has 4 rings (SSSR count). The molecule has 2 aromatic carbocycles. The molecule has 1 aliphatic rings. The molecule has 0 spiro atoms. The van der Waals surface area contributed by atoms with E-state index in [1.165, 1.54) is 30.3 Å². The molecule has 8 heteroatoms. The zero-order chi connectivity index (χ0) is 24.8. The molecule has 1 atom stereocenters. The summed E-state index contributed by atoms with van der Waals surface area (Å²) in [5.74, 6) is -0.558. The molecule has 0 radical (unpaired) electrons. The van der Waals surface area contributed by atoms with Crippen LogP contribution in [0.5, 0.6) is 0 Å². The summed E-state index contributed by atoms with van der Waals surface area (Å²) >= 11 is 1.30. The van der Waals surface area contributed by atoms with E-state index >= 15 is 0 Å². The predicted molar refractivity (Wildman–Crippen MR) is 138 cm³/mol. The Morgan fingerprint density at radius 3 is 2.54 bits per heavy atom. The van der Waals surface area contributed by atoms with Crippen LogP contribution in [-0.4, -0.2) is 32.7 Å². The zero-order valence-corrected chi connectivity index (χ0v) is 20.9. The first-order chi connectivity index (χ1) is 16.9. The Hall–Kier alpha value is -3.13. The largest absolute Gasteiger partial charge is 0.352 e. The number of amides is 2. The highest BCUT2D eigenvalue weighted by molar-refractivity contribution is 8.00. The van der Waals surface area contributed by atoms with E-state index in [0.29, 0.717) is 10.9 Å². The maximum Gasteiger partial charge on any atom is 0.240 e. The van der Waals surface area contributed by atoms with E-state index in [9.17, 15) is 14.0 Å². The molecule has 0 saturated heterocycles. The van der Waals surface area contributed by atoms with Gasteiger partial charge in [0.15, 0.2) is 5.16 Å². The van der Waals surface area contributed by atoms with Crippen LogP contribution in [0.3, 0.4) is 0 Å². The van der Waals surface area contributed by atoms with Gasteiger partial charge in [-0.25, -0.2) is 9.37 Å². The molecule has 1 fully saturated rings. The smallest absolute Gasteiger partial charge is 0.240 e. The number of carbonyl (C=O) groups excluding carboxylic acids is 2. The first kappa shape index (κ1) is 25.0. The van der Waals surface area contributed by atoms with E-state index < -0.39 is 5.25 Å². The van der Waals surface area contributed by atoms with E-state index in [-0.39, 0.29) is 30.2 Å². The molecule has 3 aromatic rings. The van der Waals surface area contributed by atoms with Crippen LogP contribution in [0.1, 0.15) is 44.6 Å². The number of rotatable bonds is 8. The average molecular weight is 495 g/mol. The van der Waals surface area contributed by atoms with Crippen molar-refractivity contribution in [1.29, 1.82) is 0 Å². The number of aryl methyl sites for hydroxylation is 1. The Balaban J connectivity index is 1.53. The second-order valence-corrected chi connectivity index (χ2v) is 10.3. The third-order valence-corrected chi connectivity index (χ3v) is 7.39. The van der Waals surface area contributed by atoms with Gasteiger partial charge in [0.05, 0.1) is 17.1 Å². The minimum Gasteiger partial charge on any atom is -0.352 e. The summed E-state index contributed by atoms with van der Waals surface area (Å²) in [6, 6.07) is 13.9. The number of halogens is 1. The topological polar surface area (TPSA) is 76.0 Å². The third-order valence-electron chi connectivity index (χ3n) is 6.29. The van der Waals surface area contributed by atoms with Gasteiger partial charge in [0.1, 0.15) is 12.4 Å². The fourth-order valence-corrected chi connectivity index (χ4v) is 5.17. The minimum atomic E-state index is -0.446. The van der Waals surface area contributed by atoms with Crippen LogP contribution in [-0.2, 0) is 16.1 Å². The van der Waals surface area contributed by atoms with Crippen molar-refractivity contribution >= 4 is 29.3 Å². The summed E-state index contributed by atoms with van der Waals surface area (Å²) in [7, 11) is 0. The summed E-state index contributed by atoms with van der Waals surface area (Å²) in [6.07, 6.45) is 7.15. The molecule has 1 heterocycles. The van der Waals surface area contributed by atoms with Crippen LogP contribution < -0.4 is 10.6 Å². The first-order valence-electron chi connectivity index (χ1n) is 12.0. The zero-order valence-electron chi connectivity index (χ0n) is 20.1. The lowest BCUT2D eigenvalue weighted by Gasteiger charge is -2.23. The number of imidazole rings is 1. The average Bonchev–Trinajstić information content (AvgIpc) is 3.23. The van der Waals surface area contributed by atoms with Crippen LogP contribution in [0, 0.1) is 12.7 Å².